The Morgan fingerprint density at radius 2 is 1.23 bits per heavy atom. The van der Waals surface area contributed by atoms with Crippen molar-refractivity contribution in [2.75, 3.05) is 34.3 Å². The Balaban J connectivity index is 4.73. The number of likely N-dealkylation sites (N-methyl/N-ethyl adjacent to an activating group) is 1. The third-order valence-corrected chi connectivity index (χ3v) is 9.43. The Kier molecular flexibility index (Phi) is 29.2. The molecule has 0 bridgehead atoms. The zero-order chi connectivity index (χ0) is 35.2. The first-order valence-electron chi connectivity index (χ1n) is 19.2. The van der Waals surface area contributed by atoms with Gasteiger partial charge < -0.3 is 19.8 Å². The zero-order valence-electron chi connectivity index (χ0n) is 31.4. The van der Waals surface area contributed by atoms with Gasteiger partial charge >= 0.3 is 7.82 Å². The van der Waals surface area contributed by atoms with Crippen LogP contribution in [0.5, 0.6) is 0 Å². The summed E-state index contributed by atoms with van der Waals surface area (Å²) in [6, 6.07) is -0.880. The van der Waals surface area contributed by atoms with E-state index in [9.17, 15) is 19.4 Å². The number of rotatable bonds is 33. The molecule has 1 amide bonds. The average Bonchev–Trinajstić information content (AvgIpc) is 2.99. The van der Waals surface area contributed by atoms with Gasteiger partial charge in [-0.1, -0.05) is 154 Å². The SMILES string of the molecule is CCCCCCCCCCC/C=C/C=C/C(O)C(COP(=O)(O)OC(C)C[N+](C)(C)C)NC(=O)CCCCCCCCCCCCC. The van der Waals surface area contributed by atoms with Crippen LogP contribution in [0, 0.1) is 0 Å². The molecule has 8 nitrogen and oxygen atoms in total. The summed E-state index contributed by atoms with van der Waals surface area (Å²) in [6.45, 7) is 6.38. The molecule has 0 aromatic carbocycles. The van der Waals surface area contributed by atoms with Gasteiger partial charge in [-0.05, 0) is 26.2 Å². The fraction of sp³-hybridized carbons (Fsp3) is 0.868. The lowest BCUT2D eigenvalue weighted by Gasteiger charge is -2.28. The Morgan fingerprint density at radius 1 is 0.766 bits per heavy atom. The van der Waals surface area contributed by atoms with Crippen LogP contribution in [0.25, 0.3) is 0 Å². The van der Waals surface area contributed by atoms with Crippen molar-refractivity contribution in [3.05, 3.63) is 24.3 Å². The van der Waals surface area contributed by atoms with Gasteiger partial charge in [-0.25, -0.2) is 4.57 Å². The maximum Gasteiger partial charge on any atom is 0.472 e. The van der Waals surface area contributed by atoms with E-state index in [1.54, 1.807) is 19.1 Å². The monoisotopic (exact) mass is 688 g/mol. The van der Waals surface area contributed by atoms with Crippen LogP contribution in [0.2, 0.25) is 0 Å². The van der Waals surface area contributed by atoms with E-state index in [0.717, 1.165) is 32.1 Å². The smallest absolute Gasteiger partial charge is 0.387 e. The van der Waals surface area contributed by atoms with Crippen LogP contribution in [-0.4, -0.2) is 72.9 Å². The van der Waals surface area contributed by atoms with E-state index < -0.39 is 26.1 Å². The quantitative estimate of drug-likeness (QED) is 0.0275. The lowest BCUT2D eigenvalue weighted by molar-refractivity contribution is -0.873. The number of phosphoric acid groups is 1. The van der Waals surface area contributed by atoms with Crippen molar-refractivity contribution in [1.82, 2.24) is 5.32 Å². The van der Waals surface area contributed by atoms with Crippen molar-refractivity contribution in [2.45, 2.75) is 180 Å². The number of hydrogen-bond donors (Lipinski definition) is 3. The first-order chi connectivity index (χ1) is 22.4. The summed E-state index contributed by atoms with van der Waals surface area (Å²) in [7, 11) is 1.52. The van der Waals surface area contributed by atoms with E-state index in [-0.39, 0.29) is 12.5 Å². The van der Waals surface area contributed by atoms with E-state index in [1.807, 2.05) is 27.2 Å². The van der Waals surface area contributed by atoms with E-state index in [2.05, 4.69) is 25.2 Å². The van der Waals surface area contributed by atoms with E-state index in [1.165, 1.54) is 103 Å². The lowest BCUT2D eigenvalue weighted by Crippen LogP contribution is -2.45. The van der Waals surface area contributed by atoms with Gasteiger partial charge in [0, 0.05) is 6.42 Å². The van der Waals surface area contributed by atoms with Gasteiger partial charge in [-0.15, -0.1) is 0 Å². The second-order valence-corrected chi connectivity index (χ2v) is 15.9. The molecule has 278 valence electrons. The minimum absolute atomic E-state index is 0.199. The molecule has 0 heterocycles. The van der Waals surface area contributed by atoms with Gasteiger partial charge in [-0.2, -0.15) is 0 Å². The largest absolute Gasteiger partial charge is 0.472 e. The molecule has 0 aliphatic carbocycles. The van der Waals surface area contributed by atoms with Crippen LogP contribution in [0.4, 0.5) is 0 Å². The number of aliphatic hydroxyl groups excluding tert-OH is 1. The van der Waals surface area contributed by atoms with Crippen molar-refractivity contribution in [3.63, 3.8) is 0 Å². The first kappa shape index (κ1) is 46.0. The number of amides is 1. The number of quaternary nitrogens is 1. The molecule has 0 fully saturated rings. The van der Waals surface area contributed by atoms with Crippen LogP contribution in [0.15, 0.2) is 24.3 Å². The van der Waals surface area contributed by atoms with Crippen molar-refractivity contribution in [1.29, 1.82) is 0 Å². The number of allylic oxidation sites excluding steroid dienone is 3. The average molecular weight is 688 g/mol. The van der Waals surface area contributed by atoms with E-state index >= 15 is 0 Å². The number of aliphatic hydroxyl groups is 1. The summed E-state index contributed by atoms with van der Waals surface area (Å²) < 4.78 is 23.8. The summed E-state index contributed by atoms with van der Waals surface area (Å²) in [6.07, 6.45) is 31.9. The molecule has 0 radical (unpaired) electrons. The van der Waals surface area contributed by atoms with Gasteiger partial charge in [-0.3, -0.25) is 13.8 Å². The van der Waals surface area contributed by atoms with Crippen molar-refractivity contribution >= 4 is 13.7 Å². The molecular weight excluding hydrogens is 611 g/mol. The standard InChI is InChI=1S/C38H75N2O6P/c1-7-9-11-13-15-17-19-20-22-23-25-27-29-31-37(41)36(34-45-47(43,44)46-35(3)33-40(4,5)6)39-38(42)32-30-28-26-24-21-18-16-14-12-10-8-2/h25,27,29,31,35-37,41H,7-24,26,28,30,32-34H2,1-6H3,(H-,39,42,43,44)/p+1/b27-25+,31-29+. The van der Waals surface area contributed by atoms with E-state index in [0.29, 0.717) is 17.4 Å². The van der Waals surface area contributed by atoms with Gasteiger partial charge in [0.1, 0.15) is 12.6 Å². The fourth-order valence-corrected chi connectivity index (χ4v) is 6.68. The molecule has 9 heteroatoms. The number of nitrogens with one attached hydrogen (secondary N) is 1. The Labute approximate surface area is 290 Å². The second kappa shape index (κ2) is 29.9. The molecule has 0 aromatic heterocycles. The van der Waals surface area contributed by atoms with Gasteiger partial charge in [0.15, 0.2) is 0 Å². The van der Waals surface area contributed by atoms with Crippen molar-refractivity contribution in [3.8, 4) is 0 Å². The molecular formula is C38H76N2O6P+. The molecule has 0 spiro atoms. The van der Waals surface area contributed by atoms with Gasteiger partial charge in [0.25, 0.3) is 0 Å². The van der Waals surface area contributed by atoms with Crippen LogP contribution < -0.4 is 5.32 Å². The fourth-order valence-electron chi connectivity index (χ4n) is 5.75. The van der Waals surface area contributed by atoms with Gasteiger partial charge in [0.05, 0.1) is 39.9 Å². The topological polar surface area (TPSA) is 105 Å². The maximum atomic E-state index is 12.8. The number of unbranched alkanes of at least 4 members (excludes halogenated alkanes) is 19. The predicted octanol–water partition coefficient (Wildman–Crippen LogP) is 9.79. The van der Waals surface area contributed by atoms with Crippen LogP contribution in [0.3, 0.4) is 0 Å². The maximum absolute atomic E-state index is 12.8. The number of carbonyl (C=O) groups excluding carboxylic acids is 1. The molecule has 4 unspecified atom stereocenters. The van der Waals surface area contributed by atoms with Crippen LogP contribution in [-0.2, 0) is 18.4 Å². The lowest BCUT2D eigenvalue weighted by atomic mass is 10.0. The van der Waals surface area contributed by atoms with Crippen molar-refractivity contribution < 1.29 is 32.9 Å². The van der Waals surface area contributed by atoms with E-state index in [4.69, 9.17) is 9.05 Å². The Bertz CT molecular complexity index is 845. The Morgan fingerprint density at radius 3 is 1.72 bits per heavy atom. The summed E-state index contributed by atoms with van der Waals surface area (Å²) in [5.41, 5.74) is 0. The number of phosphoric ester groups is 1. The number of hydrogen-bond acceptors (Lipinski definition) is 5. The molecule has 4 atom stereocenters. The molecule has 0 aliphatic rings. The molecule has 0 aromatic rings. The highest BCUT2D eigenvalue weighted by Crippen LogP contribution is 2.44. The number of nitrogens with zero attached hydrogens (tertiary/aromatic N) is 1. The summed E-state index contributed by atoms with van der Waals surface area (Å²) in [5, 5.41) is 13.7. The first-order valence-corrected chi connectivity index (χ1v) is 20.7. The molecule has 0 aliphatic heterocycles. The zero-order valence-corrected chi connectivity index (χ0v) is 32.3. The second-order valence-electron chi connectivity index (χ2n) is 14.5. The molecule has 3 N–H and O–H groups in total. The third kappa shape index (κ3) is 32.0. The summed E-state index contributed by atoms with van der Waals surface area (Å²) in [5.74, 6) is -0.199. The molecule has 0 saturated heterocycles. The van der Waals surface area contributed by atoms with Gasteiger partial charge in [0.2, 0.25) is 5.91 Å². The highest BCUT2D eigenvalue weighted by Gasteiger charge is 2.30. The minimum atomic E-state index is -4.39. The minimum Gasteiger partial charge on any atom is -0.387 e. The third-order valence-electron chi connectivity index (χ3n) is 8.33. The molecule has 0 saturated carbocycles. The number of carbonyl (C=O) groups is 1. The summed E-state index contributed by atoms with van der Waals surface area (Å²) >= 11 is 0. The van der Waals surface area contributed by atoms with Crippen LogP contribution in [0.1, 0.15) is 162 Å². The van der Waals surface area contributed by atoms with Crippen LogP contribution >= 0.6 is 7.82 Å². The predicted molar refractivity (Wildman–Crippen MR) is 198 cm³/mol. The normalized spacial score (nSPS) is 15.7. The van der Waals surface area contributed by atoms with Crippen molar-refractivity contribution in [2.24, 2.45) is 0 Å². The highest BCUT2D eigenvalue weighted by molar-refractivity contribution is 7.47. The molecule has 0 rings (SSSR count). The molecule has 47 heavy (non-hydrogen) atoms. The highest BCUT2D eigenvalue weighted by atomic mass is 31.2. The summed E-state index contributed by atoms with van der Waals surface area (Å²) in [4.78, 5) is 23.1. The Hall–Kier alpha value is -1.02.